The monoisotopic (exact) mass is 414 g/mol. The Balaban J connectivity index is 1.72. The number of hydrogen-bond acceptors (Lipinski definition) is 0. The Morgan fingerprint density at radius 1 is 0.733 bits per heavy atom. The predicted octanol–water partition coefficient (Wildman–Crippen LogP) is 8.37. The van der Waals surface area contributed by atoms with Crippen LogP contribution in [0.1, 0.15) is 87.0 Å². The lowest BCUT2D eigenvalue weighted by Gasteiger charge is -2.12. The first-order valence-electron chi connectivity index (χ1n) is 11.2. The van der Waals surface area contributed by atoms with Crippen LogP contribution in [0.25, 0.3) is 0 Å². The van der Waals surface area contributed by atoms with Gasteiger partial charge in [0.1, 0.15) is 0 Å². The molecule has 0 aliphatic rings. The molecule has 0 nitrogen and oxygen atoms in total. The number of aryl methyl sites for hydroxylation is 2. The standard InChI is InChI=1S/C27H33F3/c1-2-3-4-5-6-7-8-9-10-11-14-23-17-19-24(20-18-23)21-22-25-15-12-13-16-26(25)27(28,29)30/h12-13,15-20H,2-10,21-22H2,1H3. The summed E-state index contributed by atoms with van der Waals surface area (Å²) in [6, 6.07) is 13.7. The van der Waals surface area contributed by atoms with E-state index >= 15 is 0 Å². The van der Waals surface area contributed by atoms with Gasteiger partial charge in [0.15, 0.2) is 0 Å². The fourth-order valence-corrected chi connectivity index (χ4v) is 3.56. The molecule has 0 radical (unpaired) electrons. The molecule has 0 atom stereocenters. The highest BCUT2D eigenvalue weighted by Crippen LogP contribution is 2.32. The van der Waals surface area contributed by atoms with Crippen LogP contribution >= 0.6 is 0 Å². The molecule has 30 heavy (non-hydrogen) atoms. The fraction of sp³-hybridized carbons (Fsp3) is 0.481. The summed E-state index contributed by atoms with van der Waals surface area (Å²) in [6.07, 6.45) is 7.98. The highest BCUT2D eigenvalue weighted by atomic mass is 19.4. The molecular formula is C27H33F3. The van der Waals surface area contributed by atoms with Gasteiger partial charge in [-0.05, 0) is 48.6 Å². The molecule has 0 fully saturated rings. The second-order valence-electron chi connectivity index (χ2n) is 7.88. The number of rotatable bonds is 11. The van der Waals surface area contributed by atoms with Crippen molar-refractivity contribution in [2.45, 2.75) is 83.7 Å². The largest absolute Gasteiger partial charge is 0.416 e. The van der Waals surface area contributed by atoms with Crippen molar-refractivity contribution < 1.29 is 13.2 Å². The highest BCUT2D eigenvalue weighted by molar-refractivity contribution is 5.37. The topological polar surface area (TPSA) is 0 Å². The van der Waals surface area contributed by atoms with Crippen molar-refractivity contribution in [1.82, 2.24) is 0 Å². The zero-order chi connectivity index (χ0) is 21.7. The number of halogens is 3. The number of hydrogen-bond donors (Lipinski definition) is 0. The molecule has 0 amide bonds. The fourth-order valence-electron chi connectivity index (χ4n) is 3.56. The van der Waals surface area contributed by atoms with Crippen LogP contribution in [-0.2, 0) is 19.0 Å². The summed E-state index contributed by atoms with van der Waals surface area (Å²) in [6.45, 7) is 2.24. The minimum Gasteiger partial charge on any atom is -0.166 e. The summed E-state index contributed by atoms with van der Waals surface area (Å²) in [5.74, 6) is 6.43. The van der Waals surface area contributed by atoms with Crippen LogP contribution in [0.15, 0.2) is 48.5 Å². The van der Waals surface area contributed by atoms with Gasteiger partial charge in [0.2, 0.25) is 0 Å². The second-order valence-corrected chi connectivity index (χ2v) is 7.88. The van der Waals surface area contributed by atoms with E-state index in [9.17, 15) is 13.2 Å². The highest BCUT2D eigenvalue weighted by Gasteiger charge is 2.32. The third-order valence-electron chi connectivity index (χ3n) is 5.35. The Morgan fingerprint density at radius 2 is 1.37 bits per heavy atom. The first-order chi connectivity index (χ1) is 14.5. The second kappa shape index (κ2) is 13.2. The summed E-state index contributed by atoms with van der Waals surface area (Å²) in [5, 5.41) is 0. The molecule has 0 unspecified atom stereocenters. The Hall–Kier alpha value is -2.21. The average molecular weight is 415 g/mol. The van der Waals surface area contributed by atoms with Crippen molar-refractivity contribution in [3.8, 4) is 11.8 Å². The zero-order valence-corrected chi connectivity index (χ0v) is 18.0. The lowest BCUT2D eigenvalue weighted by atomic mass is 9.99. The van der Waals surface area contributed by atoms with Crippen molar-refractivity contribution in [1.29, 1.82) is 0 Å². The van der Waals surface area contributed by atoms with Gasteiger partial charge in [-0.3, -0.25) is 0 Å². The summed E-state index contributed by atoms with van der Waals surface area (Å²) < 4.78 is 39.3. The van der Waals surface area contributed by atoms with Crippen molar-refractivity contribution in [3.05, 3.63) is 70.8 Å². The lowest BCUT2D eigenvalue weighted by molar-refractivity contribution is -0.138. The maximum Gasteiger partial charge on any atom is 0.416 e. The Labute approximate surface area is 179 Å². The van der Waals surface area contributed by atoms with Gasteiger partial charge in [-0.2, -0.15) is 13.2 Å². The summed E-state index contributed by atoms with van der Waals surface area (Å²) in [5.41, 5.74) is 1.81. The zero-order valence-electron chi connectivity index (χ0n) is 18.0. The number of alkyl halides is 3. The molecule has 0 spiro atoms. The molecule has 0 saturated heterocycles. The van der Waals surface area contributed by atoms with E-state index in [1.165, 1.54) is 51.0 Å². The first kappa shape index (κ1) is 24.1. The van der Waals surface area contributed by atoms with Gasteiger partial charge in [-0.1, -0.05) is 94.0 Å². The molecule has 0 aromatic heterocycles. The summed E-state index contributed by atoms with van der Waals surface area (Å²) >= 11 is 0. The van der Waals surface area contributed by atoms with Crippen LogP contribution in [0.4, 0.5) is 13.2 Å². The molecule has 0 aliphatic heterocycles. The van der Waals surface area contributed by atoms with Crippen molar-refractivity contribution >= 4 is 0 Å². The number of unbranched alkanes of at least 4 members (excludes halogenated alkanes) is 8. The molecule has 0 bridgehead atoms. The van der Waals surface area contributed by atoms with E-state index in [-0.39, 0.29) is 0 Å². The molecule has 2 aromatic rings. The smallest absolute Gasteiger partial charge is 0.166 e. The van der Waals surface area contributed by atoms with Crippen molar-refractivity contribution in [2.75, 3.05) is 0 Å². The van der Waals surface area contributed by atoms with Gasteiger partial charge in [0.25, 0.3) is 0 Å². The van der Waals surface area contributed by atoms with Gasteiger partial charge >= 0.3 is 6.18 Å². The van der Waals surface area contributed by atoms with Crippen LogP contribution < -0.4 is 0 Å². The van der Waals surface area contributed by atoms with E-state index in [2.05, 4.69) is 18.8 Å². The van der Waals surface area contributed by atoms with Gasteiger partial charge in [0, 0.05) is 12.0 Å². The van der Waals surface area contributed by atoms with Gasteiger partial charge < -0.3 is 0 Å². The summed E-state index contributed by atoms with van der Waals surface area (Å²) in [7, 11) is 0. The van der Waals surface area contributed by atoms with Gasteiger partial charge in [0.05, 0.1) is 5.56 Å². The van der Waals surface area contributed by atoms with Crippen LogP contribution in [0.5, 0.6) is 0 Å². The van der Waals surface area contributed by atoms with Gasteiger partial charge in [-0.25, -0.2) is 0 Å². The molecule has 3 heteroatoms. The first-order valence-corrected chi connectivity index (χ1v) is 11.2. The van der Waals surface area contributed by atoms with E-state index in [1.807, 2.05) is 24.3 Å². The van der Waals surface area contributed by atoms with Crippen molar-refractivity contribution in [2.24, 2.45) is 0 Å². The van der Waals surface area contributed by atoms with Crippen LogP contribution in [-0.4, -0.2) is 0 Å². The molecule has 0 aliphatic carbocycles. The normalized spacial score (nSPS) is 11.2. The van der Waals surface area contributed by atoms with Crippen LogP contribution in [0, 0.1) is 11.8 Å². The third-order valence-corrected chi connectivity index (χ3v) is 5.35. The van der Waals surface area contributed by atoms with E-state index in [4.69, 9.17) is 0 Å². The SMILES string of the molecule is CCCCCCCCCCC#Cc1ccc(CCc2ccccc2C(F)(F)F)cc1. The molecule has 162 valence electrons. The minimum absolute atomic E-state index is 0.347. The molecule has 0 saturated carbocycles. The third kappa shape index (κ3) is 9.08. The van der Waals surface area contributed by atoms with E-state index in [1.54, 1.807) is 12.1 Å². The van der Waals surface area contributed by atoms with Crippen molar-refractivity contribution in [3.63, 3.8) is 0 Å². The molecule has 0 N–H and O–H groups in total. The van der Waals surface area contributed by atoms with E-state index in [0.29, 0.717) is 18.4 Å². The lowest BCUT2D eigenvalue weighted by Crippen LogP contribution is -2.09. The minimum atomic E-state index is -4.30. The molecule has 0 heterocycles. The van der Waals surface area contributed by atoms with Crippen LogP contribution in [0.3, 0.4) is 0 Å². The molecular weight excluding hydrogens is 381 g/mol. The predicted molar refractivity (Wildman–Crippen MR) is 119 cm³/mol. The maximum absolute atomic E-state index is 13.1. The maximum atomic E-state index is 13.1. The Kier molecular flexibility index (Phi) is 10.6. The molecule has 2 aromatic carbocycles. The molecule has 2 rings (SSSR count). The van der Waals surface area contributed by atoms with E-state index in [0.717, 1.165) is 30.0 Å². The Bertz CT molecular complexity index is 791. The van der Waals surface area contributed by atoms with E-state index < -0.39 is 11.7 Å². The average Bonchev–Trinajstić information content (AvgIpc) is 2.74. The Morgan fingerprint density at radius 3 is 2.03 bits per heavy atom. The van der Waals surface area contributed by atoms with Gasteiger partial charge in [-0.15, -0.1) is 0 Å². The summed E-state index contributed by atoms with van der Waals surface area (Å²) in [4.78, 5) is 0. The van der Waals surface area contributed by atoms with Crippen LogP contribution in [0.2, 0.25) is 0 Å². The quantitative estimate of drug-likeness (QED) is 0.256. The number of benzene rings is 2.